The van der Waals surface area contributed by atoms with Crippen molar-refractivity contribution in [1.82, 2.24) is 10.2 Å². The molecular formula is C21H20N2O4. The molecule has 0 bridgehead atoms. The van der Waals surface area contributed by atoms with E-state index in [9.17, 15) is 14.4 Å². The minimum absolute atomic E-state index is 0.312. The summed E-state index contributed by atoms with van der Waals surface area (Å²) in [5, 5.41) is 2.83. The van der Waals surface area contributed by atoms with Crippen LogP contribution in [0, 0.1) is 6.92 Å². The van der Waals surface area contributed by atoms with Crippen molar-refractivity contribution in [2.75, 3.05) is 13.7 Å². The third kappa shape index (κ3) is 2.60. The van der Waals surface area contributed by atoms with Crippen LogP contribution in [0.5, 0.6) is 5.75 Å². The molecule has 27 heavy (non-hydrogen) atoms. The van der Waals surface area contributed by atoms with Crippen LogP contribution in [0.3, 0.4) is 0 Å². The van der Waals surface area contributed by atoms with Gasteiger partial charge in [0.25, 0.3) is 5.91 Å². The van der Waals surface area contributed by atoms with Gasteiger partial charge in [0.05, 0.1) is 19.2 Å². The summed E-state index contributed by atoms with van der Waals surface area (Å²) in [5.41, 5.74) is 2.15. The standard InChI is InChI=1S/C21H20N2O4/c1-13-7-8-15(18(11-13)27-2)17(24)12-23-19(25)21(22-20(23)26)10-9-14-5-3-4-6-16(14)21/h3-8,11H,9-10,12H2,1-2H3,(H,22,26). The fourth-order valence-corrected chi connectivity index (χ4v) is 3.99. The van der Waals surface area contributed by atoms with Gasteiger partial charge >= 0.3 is 6.03 Å². The lowest BCUT2D eigenvalue weighted by atomic mass is 9.92. The van der Waals surface area contributed by atoms with E-state index in [1.165, 1.54) is 7.11 Å². The van der Waals surface area contributed by atoms with E-state index in [-0.39, 0.29) is 18.2 Å². The van der Waals surface area contributed by atoms with Crippen molar-refractivity contribution in [3.8, 4) is 5.75 Å². The molecule has 1 N–H and O–H groups in total. The Kier molecular flexibility index (Phi) is 3.98. The van der Waals surface area contributed by atoms with Gasteiger partial charge in [0, 0.05) is 0 Å². The third-order valence-electron chi connectivity index (χ3n) is 5.38. The Labute approximate surface area is 157 Å². The first-order valence-corrected chi connectivity index (χ1v) is 8.86. The Morgan fingerprint density at radius 1 is 1.22 bits per heavy atom. The highest BCUT2D eigenvalue weighted by molar-refractivity contribution is 6.12. The van der Waals surface area contributed by atoms with E-state index in [1.807, 2.05) is 31.2 Å². The number of ether oxygens (including phenoxy) is 1. The van der Waals surface area contributed by atoms with E-state index in [0.29, 0.717) is 17.7 Å². The van der Waals surface area contributed by atoms with Crippen LogP contribution in [0.1, 0.15) is 33.5 Å². The van der Waals surface area contributed by atoms with E-state index in [1.54, 1.807) is 18.2 Å². The minimum atomic E-state index is -1.05. The van der Waals surface area contributed by atoms with Gasteiger partial charge in [-0.15, -0.1) is 0 Å². The fraction of sp³-hybridized carbons (Fsp3) is 0.286. The molecule has 3 amide bonds. The Balaban J connectivity index is 1.62. The zero-order valence-corrected chi connectivity index (χ0v) is 15.2. The molecular weight excluding hydrogens is 344 g/mol. The van der Waals surface area contributed by atoms with Gasteiger partial charge in [-0.1, -0.05) is 30.3 Å². The average molecular weight is 364 g/mol. The second-order valence-electron chi connectivity index (χ2n) is 7.01. The van der Waals surface area contributed by atoms with Gasteiger partial charge in [-0.05, 0) is 48.6 Å². The molecule has 138 valence electrons. The molecule has 2 aromatic carbocycles. The molecule has 0 saturated carbocycles. The Morgan fingerprint density at radius 3 is 2.78 bits per heavy atom. The van der Waals surface area contributed by atoms with Crippen LogP contribution < -0.4 is 10.1 Å². The fourth-order valence-electron chi connectivity index (χ4n) is 3.99. The number of hydrogen-bond donors (Lipinski definition) is 1. The summed E-state index contributed by atoms with van der Waals surface area (Å²) < 4.78 is 5.28. The number of fused-ring (bicyclic) bond motifs is 2. The number of imide groups is 1. The average Bonchev–Trinajstić information content (AvgIpc) is 3.15. The molecule has 1 aliphatic heterocycles. The maximum absolute atomic E-state index is 13.1. The van der Waals surface area contributed by atoms with Crippen molar-refractivity contribution >= 4 is 17.7 Å². The molecule has 1 unspecified atom stereocenters. The highest BCUT2D eigenvalue weighted by Crippen LogP contribution is 2.41. The lowest BCUT2D eigenvalue weighted by Gasteiger charge is -2.22. The van der Waals surface area contributed by atoms with Crippen molar-refractivity contribution in [1.29, 1.82) is 0 Å². The number of methoxy groups -OCH3 is 1. The van der Waals surface area contributed by atoms with Gasteiger partial charge in [-0.2, -0.15) is 0 Å². The zero-order chi connectivity index (χ0) is 19.2. The zero-order valence-electron chi connectivity index (χ0n) is 15.2. The van der Waals surface area contributed by atoms with E-state index in [0.717, 1.165) is 28.0 Å². The number of benzene rings is 2. The summed E-state index contributed by atoms with van der Waals surface area (Å²) >= 11 is 0. The van der Waals surface area contributed by atoms with Gasteiger partial charge in [-0.3, -0.25) is 14.5 Å². The first-order valence-electron chi connectivity index (χ1n) is 8.86. The van der Waals surface area contributed by atoms with E-state index >= 15 is 0 Å². The van der Waals surface area contributed by atoms with Crippen LogP contribution in [-0.2, 0) is 16.8 Å². The van der Waals surface area contributed by atoms with Crippen molar-refractivity contribution in [3.63, 3.8) is 0 Å². The number of carbonyl (C=O) groups is 3. The molecule has 6 nitrogen and oxygen atoms in total. The van der Waals surface area contributed by atoms with Gasteiger partial charge in [-0.25, -0.2) is 4.79 Å². The lowest BCUT2D eigenvalue weighted by molar-refractivity contribution is -0.131. The molecule has 2 aliphatic rings. The minimum Gasteiger partial charge on any atom is -0.496 e. The van der Waals surface area contributed by atoms with Crippen molar-refractivity contribution in [2.24, 2.45) is 0 Å². The number of urea groups is 1. The Morgan fingerprint density at radius 2 is 2.00 bits per heavy atom. The van der Waals surface area contributed by atoms with Crippen molar-refractivity contribution < 1.29 is 19.1 Å². The highest BCUT2D eigenvalue weighted by Gasteiger charge is 2.55. The van der Waals surface area contributed by atoms with Crippen LogP contribution in [0.2, 0.25) is 0 Å². The second kappa shape index (κ2) is 6.23. The molecule has 1 saturated heterocycles. The SMILES string of the molecule is COc1cc(C)ccc1C(=O)CN1C(=O)NC2(CCc3ccccc32)C1=O. The van der Waals surface area contributed by atoms with Crippen LogP contribution in [-0.4, -0.2) is 36.3 Å². The summed E-state index contributed by atoms with van der Waals surface area (Å²) in [6.07, 6.45) is 1.23. The smallest absolute Gasteiger partial charge is 0.325 e. The molecule has 0 aromatic heterocycles. The number of nitrogens with one attached hydrogen (secondary N) is 1. The maximum Gasteiger partial charge on any atom is 0.325 e. The molecule has 1 atom stereocenters. The van der Waals surface area contributed by atoms with Crippen LogP contribution in [0.25, 0.3) is 0 Å². The predicted octanol–water partition coefficient (Wildman–Crippen LogP) is 2.58. The summed E-state index contributed by atoms with van der Waals surface area (Å²) in [6, 6.07) is 12.3. The van der Waals surface area contributed by atoms with Gasteiger partial charge in [0.15, 0.2) is 5.78 Å². The molecule has 1 spiro atoms. The van der Waals surface area contributed by atoms with Gasteiger partial charge in [0.1, 0.15) is 11.3 Å². The number of rotatable bonds is 4. The maximum atomic E-state index is 13.1. The third-order valence-corrected chi connectivity index (χ3v) is 5.38. The number of carbonyl (C=O) groups excluding carboxylic acids is 3. The quantitative estimate of drug-likeness (QED) is 0.668. The number of Topliss-reactive ketones (excluding diaryl/α,β-unsaturated/α-hetero) is 1. The summed E-state index contributed by atoms with van der Waals surface area (Å²) in [5.74, 6) is -0.261. The Bertz CT molecular complexity index is 968. The first-order chi connectivity index (χ1) is 13.0. The van der Waals surface area contributed by atoms with Crippen LogP contribution >= 0.6 is 0 Å². The summed E-state index contributed by atoms with van der Waals surface area (Å²) in [4.78, 5) is 39.5. The number of ketones is 1. The van der Waals surface area contributed by atoms with Crippen molar-refractivity contribution in [3.05, 3.63) is 64.7 Å². The topological polar surface area (TPSA) is 75.7 Å². The van der Waals surface area contributed by atoms with Crippen LogP contribution in [0.15, 0.2) is 42.5 Å². The molecule has 1 fully saturated rings. The largest absolute Gasteiger partial charge is 0.496 e. The summed E-state index contributed by atoms with van der Waals surface area (Å²) in [7, 11) is 1.49. The number of aryl methyl sites for hydroxylation is 2. The Hall–Kier alpha value is -3.15. The lowest BCUT2D eigenvalue weighted by Crippen LogP contribution is -2.42. The number of hydrogen-bond acceptors (Lipinski definition) is 4. The second-order valence-corrected chi connectivity index (χ2v) is 7.01. The highest BCUT2D eigenvalue weighted by atomic mass is 16.5. The van der Waals surface area contributed by atoms with Gasteiger partial charge in [0.2, 0.25) is 0 Å². The normalized spacial score (nSPS) is 20.7. The van der Waals surface area contributed by atoms with Gasteiger partial charge < -0.3 is 10.1 Å². The van der Waals surface area contributed by atoms with Crippen molar-refractivity contribution in [2.45, 2.75) is 25.3 Å². The predicted molar refractivity (Wildman–Crippen MR) is 98.7 cm³/mol. The first kappa shape index (κ1) is 17.3. The monoisotopic (exact) mass is 364 g/mol. The molecule has 1 aliphatic carbocycles. The number of nitrogens with zero attached hydrogens (tertiary/aromatic N) is 1. The van der Waals surface area contributed by atoms with E-state index in [4.69, 9.17) is 4.74 Å². The molecule has 1 heterocycles. The molecule has 0 radical (unpaired) electrons. The summed E-state index contributed by atoms with van der Waals surface area (Å²) in [6.45, 7) is 1.59. The van der Waals surface area contributed by atoms with Crippen LogP contribution in [0.4, 0.5) is 4.79 Å². The number of amides is 3. The van der Waals surface area contributed by atoms with E-state index in [2.05, 4.69) is 5.32 Å². The molecule has 2 aromatic rings. The molecule has 6 heteroatoms. The van der Waals surface area contributed by atoms with E-state index < -0.39 is 11.6 Å². The molecule has 4 rings (SSSR count).